The van der Waals surface area contributed by atoms with Crippen molar-refractivity contribution in [2.45, 2.75) is 38.1 Å². The van der Waals surface area contributed by atoms with Crippen molar-refractivity contribution in [2.24, 2.45) is 11.7 Å². The number of nitrogens with zero attached hydrogens (tertiary/aromatic N) is 2. The van der Waals surface area contributed by atoms with Crippen molar-refractivity contribution in [1.29, 1.82) is 0 Å². The number of nitrogens with one attached hydrogen (secondary N) is 1. The molecule has 1 aliphatic rings. The molecule has 2 atom stereocenters. The number of nitrogens with two attached hydrogens (primary N) is 1. The first kappa shape index (κ1) is 14.8. The van der Waals surface area contributed by atoms with Crippen LogP contribution >= 0.6 is 0 Å². The van der Waals surface area contributed by atoms with Crippen LogP contribution in [0.2, 0.25) is 0 Å². The van der Waals surface area contributed by atoms with Crippen LogP contribution in [0.15, 0.2) is 18.5 Å². The summed E-state index contributed by atoms with van der Waals surface area (Å²) >= 11 is 0. The molecule has 0 radical (unpaired) electrons. The second kappa shape index (κ2) is 5.79. The molecule has 20 heavy (non-hydrogen) atoms. The summed E-state index contributed by atoms with van der Waals surface area (Å²) in [5, 5.41) is 2.95. The van der Waals surface area contributed by atoms with E-state index in [0.717, 1.165) is 31.4 Å². The summed E-state index contributed by atoms with van der Waals surface area (Å²) in [5.74, 6) is 0.405. The summed E-state index contributed by atoms with van der Waals surface area (Å²) in [4.78, 5) is 18.6. The van der Waals surface area contributed by atoms with E-state index in [1.54, 1.807) is 12.4 Å². The number of carbonyl (C=O) groups is 1. The molecule has 0 aromatic carbocycles. The van der Waals surface area contributed by atoms with Crippen LogP contribution in [0.5, 0.6) is 0 Å². The third kappa shape index (κ3) is 3.10. The van der Waals surface area contributed by atoms with E-state index in [-0.39, 0.29) is 5.91 Å². The standard InChI is InChI=1S/C15H24N4O/c1-11-5-4-7-15(16,9-11)14(20)18-12-10-17-8-6-13(12)19(2)3/h6,8,10-11H,4-5,7,9,16H2,1-3H3,(H,18,20). The zero-order valence-corrected chi connectivity index (χ0v) is 12.5. The molecular formula is C15H24N4O. The van der Waals surface area contributed by atoms with E-state index < -0.39 is 5.54 Å². The first-order valence-electron chi connectivity index (χ1n) is 7.14. The van der Waals surface area contributed by atoms with Crippen LogP contribution < -0.4 is 16.0 Å². The molecule has 2 rings (SSSR count). The molecule has 0 spiro atoms. The number of carbonyl (C=O) groups excluding carboxylic acids is 1. The minimum Gasteiger partial charge on any atom is -0.376 e. The zero-order valence-electron chi connectivity index (χ0n) is 12.5. The predicted molar refractivity (Wildman–Crippen MR) is 81.7 cm³/mol. The summed E-state index contributed by atoms with van der Waals surface area (Å²) < 4.78 is 0. The summed E-state index contributed by atoms with van der Waals surface area (Å²) in [6.07, 6.45) is 7.05. The summed E-state index contributed by atoms with van der Waals surface area (Å²) in [6, 6.07) is 1.88. The molecule has 2 unspecified atom stereocenters. The van der Waals surface area contributed by atoms with E-state index in [9.17, 15) is 4.79 Å². The first-order chi connectivity index (χ1) is 9.42. The Labute approximate surface area is 120 Å². The molecule has 1 saturated carbocycles. The maximum atomic E-state index is 12.5. The van der Waals surface area contributed by atoms with E-state index >= 15 is 0 Å². The highest BCUT2D eigenvalue weighted by Crippen LogP contribution is 2.32. The van der Waals surface area contributed by atoms with Gasteiger partial charge in [0.25, 0.3) is 0 Å². The normalized spacial score (nSPS) is 26.1. The molecule has 1 aromatic rings. The lowest BCUT2D eigenvalue weighted by molar-refractivity contribution is -0.122. The van der Waals surface area contributed by atoms with Crippen LogP contribution in [0.1, 0.15) is 32.6 Å². The van der Waals surface area contributed by atoms with Crippen LogP contribution in [0, 0.1) is 5.92 Å². The van der Waals surface area contributed by atoms with Gasteiger partial charge in [-0.1, -0.05) is 19.8 Å². The average molecular weight is 276 g/mol. The van der Waals surface area contributed by atoms with Gasteiger partial charge in [-0.2, -0.15) is 0 Å². The molecule has 1 aromatic heterocycles. The van der Waals surface area contributed by atoms with Crippen molar-refractivity contribution in [3.63, 3.8) is 0 Å². The molecule has 1 aliphatic carbocycles. The second-order valence-electron chi connectivity index (χ2n) is 6.10. The molecule has 5 heteroatoms. The lowest BCUT2D eigenvalue weighted by Gasteiger charge is -2.35. The van der Waals surface area contributed by atoms with Gasteiger partial charge in [-0.05, 0) is 24.8 Å². The SMILES string of the molecule is CC1CCCC(N)(C(=O)Nc2cnccc2N(C)C)C1. The number of hydrogen-bond donors (Lipinski definition) is 2. The molecule has 110 valence electrons. The third-order valence-corrected chi connectivity index (χ3v) is 4.01. The van der Waals surface area contributed by atoms with Gasteiger partial charge >= 0.3 is 0 Å². The van der Waals surface area contributed by atoms with E-state index in [1.165, 1.54) is 0 Å². The molecule has 1 heterocycles. The number of rotatable bonds is 3. The molecule has 5 nitrogen and oxygen atoms in total. The van der Waals surface area contributed by atoms with E-state index in [4.69, 9.17) is 5.73 Å². The topological polar surface area (TPSA) is 71.2 Å². The zero-order chi connectivity index (χ0) is 14.8. The number of pyridine rings is 1. The van der Waals surface area contributed by atoms with Crippen LogP contribution in [-0.2, 0) is 4.79 Å². The fourth-order valence-electron chi connectivity index (χ4n) is 2.92. The van der Waals surface area contributed by atoms with E-state index in [1.807, 2.05) is 25.1 Å². The second-order valence-corrected chi connectivity index (χ2v) is 6.10. The predicted octanol–water partition coefficient (Wildman–Crippen LogP) is 1.99. The number of aromatic nitrogens is 1. The molecule has 0 bridgehead atoms. The highest BCUT2D eigenvalue weighted by atomic mass is 16.2. The highest BCUT2D eigenvalue weighted by Gasteiger charge is 2.38. The minimum atomic E-state index is -0.753. The van der Waals surface area contributed by atoms with Gasteiger partial charge in [0.1, 0.15) is 0 Å². The van der Waals surface area contributed by atoms with Gasteiger partial charge in [0.15, 0.2) is 0 Å². The lowest BCUT2D eigenvalue weighted by atomic mass is 9.76. The Morgan fingerprint density at radius 3 is 2.95 bits per heavy atom. The Kier molecular flexibility index (Phi) is 4.28. The van der Waals surface area contributed by atoms with Crippen LogP contribution in [-0.4, -0.2) is 30.5 Å². The van der Waals surface area contributed by atoms with Gasteiger partial charge in [0, 0.05) is 20.3 Å². The third-order valence-electron chi connectivity index (χ3n) is 4.01. The number of hydrogen-bond acceptors (Lipinski definition) is 4. The smallest absolute Gasteiger partial charge is 0.244 e. The number of anilines is 2. The van der Waals surface area contributed by atoms with Crippen molar-refractivity contribution in [3.05, 3.63) is 18.5 Å². The minimum absolute atomic E-state index is 0.0971. The summed E-state index contributed by atoms with van der Waals surface area (Å²) in [6.45, 7) is 2.16. The molecule has 1 amide bonds. The summed E-state index contributed by atoms with van der Waals surface area (Å²) in [7, 11) is 3.87. The fraction of sp³-hybridized carbons (Fsp3) is 0.600. The van der Waals surface area contributed by atoms with Crippen molar-refractivity contribution in [2.75, 3.05) is 24.3 Å². The average Bonchev–Trinajstić information content (AvgIpc) is 2.38. The van der Waals surface area contributed by atoms with Gasteiger partial charge in [0.05, 0.1) is 23.1 Å². The van der Waals surface area contributed by atoms with Gasteiger partial charge in [-0.25, -0.2) is 0 Å². The molecule has 3 N–H and O–H groups in total. The van der Waals surface area contributed by atoms with E-state index in [2.05, 4.69) is 17.2 Å². The monoisotopic (exact) mass is 276 g/mol. The highest BCUT2D eigenvalue weighted by molar-refractivity contribution is 6.00. The Hall–Kier alpha value is -1.62. The Morgan fingerprint density at radius 1 is 1.55 bits per heavy atom. The van der Waals surface area contributed by atoms with Crippen molar-refractivity contribution >= 4 is 17.3 Å². The molecule has 1 fully saturated rings. The van der Waals surface area contributed by atoms with Crippen molar-refractivity contribution < 1.29 is 4.79 Å². The molecular weight excluding hydrogens is 252 g/mol. The van der Waals surface area contributed by atoms with Crippen LogP contribution in [0.25, 0.3) is 0 Å². The first-order valence-corrected chi connectivity index (χ1v) is 7.14. The van der Waals surface area contributed by atoms with Gasteiger partial charge in [-0.15, -0.1) is 0 Å². The summed E-state index contributed by atoms with van der Waals surface area (Å²) in [5.41, 5.74) is 7.21. The Morgan fingerprint density at radius 2 is 2.30 bits per heavy atom. The Balaban J connectivity index is 2.15. The van der Waals surface area contributed by atoms with Gasteiger partial charge in [0.2, 0.25) is 5.91 Å². The van der Waals surface area contributed by atoms with E-state index in [0.29, 0.717) is 11.6 Å². The number of amides is 1. The van der Waals surface area contributed by atoms with Crippen molar-refractivity contribution in [3.8, 4) is 0 Å². The van der Waals surface area contributed by atoms with Gasteiger partial charge < -0.3 is 16.0 Å². The molecule has 0 aliphatic heterocycles. The van der Waals surface area contributed by atoms with Crippen LogP contribution in [0.4, 0.5) is 11.4 Å². The largest absolute Gasteiger partial charge is 0.376 e. The lowest BCUT2D eigenvalue weighted by Crippen LogP contribution is -2.53. The maximum Gasteiger partial charge on any atom is 0.244 e. The van der Waals surface area contributed by atoms with Crippen molar-refractivity contribution in [1.82, 2.24) is 4.98 Å². The van der Waals surface area contributed by atoms with Gasteiger partial charge in [-0.3, -0.25) is 9.78 Å². The quantitative estimate of drug-likeness (QED) is 0.885. The fourth-order valence-corrected chi connectivity index (χ4v) is 2.92. The maximum absolute atomic E-state index is 12.5. The molecule has 0 saturated heterocycles. The van der Waals surface area contributed by atoms with Crippen LogP contribution in [0.3, 0.4) is 0 Å². The Bertz CT molecular complexity index is 489.